The lowest BCUT2D eigenvalue weighted by atomic mass is 9.91. The number of fused-ring (bicyclic) bond motifs is 1. The number of nitrogens with zero attached hydrogens (tertiary/aromatic N) is 2. The minimum atomic E-state index is -0.190. The van der Waals surface area contributed by atoms with E-state index in [4.69, 9.17) is 14.5 Å². The summed E-state index contributed by atoms with van der Waals surface area (Å²) in [6.45, 7) is 5.02. The van der Waals surface area contributed by atoms with Crippen molar-refractivity contribution in [2.45, 2.75) is 45.1 Å². The molecule has 0 spiro atoms. The van der Waals surface area contributed by atoms with Gasteiger partial charge in [0.05, 0.1) is 24.9 Å². The van der Waals surface area contributed by atoms with E-state index in [9.17, 15) is 4.79 Å². The fourth-order valence-corrected chi connectivity index (χ4v) is 3.80. The molecule has 2 unspecified atom stereocenters. The number of likely N-dealkylation sites (N-methyl/N-ethyl adjacent to an activating group) is 1. The largest absolute Gasteiger partial charge is 0.465 e. The summed E-state index contributed by atoms with van der Waals surface area (Å²) < 4.78 is 10.4. The molecule has 0 aromatic carbocycles. The van der Waals surface area contributed by atoms with E-state index in [1.807, 2.05) is 14.0 Å². The maximum Gasteiger partial charge on any atom is 0.315 e. The SMILES string of the molecule is CCOC(=O)C1CCCc2sc(N(C)C(C)COC)nc21. The van der Waals surface area contributed by atoms with Crippen LogP contribution in [0.4, 0.5) is 5.13 Å². The number of anilines is 1. The maximum atomic E-state index is 12.1. The van der Waals surface area contributed by atoms with Crippen LogP contribution in [0.3, 0.4) is 0 Å². The average molecular weight is 312 g/mol. The third kappa shape index (κ3) is 3.55. The topological polar surface area (TPSA) is 51.7 Å². The second kappa shape index (κ2) is 7.22. The third-order valence-corrected chi connectivity index (χ3v) is 5.11. The highest BCUT2D eigenvalue weighted by molar-refractivity contribution is 7.15. The molecule has 0 amide bonds. The van der Waals surface area contributed by atoms with Crippen LogP contribution >= 0.6 is 11.3 Å². The van der Waals surface area contributed by atoms with Crippen LogP contribution in [-0.2, 0) is 20.7 Å². The first kappa shape index (κ1) is 16.2. The van der Waals surface area contributed by atoms with Crippen LogP contribution in [0.1, 0.15) is 43.2 Å². The number of ether oxygens (including phenoxy) is 2. The zero-order valence-corrected chi connectivity index (χ0v) is 14.0. The molecule has 0 N–H and O–H groups in total. The van der Waals surface area contributed by atoms with Crippen LogP contribution in [0, 0.1) is 0 Å². The number of hydrogen-bond donors (Lipinski definition) is 0. The average Bonchev–Trinajstić information content (AvgIpc) is 2.90. The van der Waals surface area contributed by atoms with Gasteiger partial charge in [-0.3, -0.25) is 4.79 Å². The Bertz CT molecular complexity index is 489. The van der Waals surface area contributed by atoms with Crippen LogP contribution < -0.4 is 4.90 Å². The van der Waals surface area contributed by atoms with Gasteiger partial charge in [0.15, 0.2) is 5.13 Å². The van der Waals surface area contributed by atoms with Gasteiger partial charge in [0, 0.05) is 19.0 Å². The van der Waals surface area contributed by atoms with E-state index >= 15 is 0 Å². The summed E-state index contributed by atoms with van der Waals surface area (Å²) in [6, 6.07) is 0.253. The summed E-state index contributed by atoms with van der Waals surface area (Å²) in [5.41, 5.74) is 0.927. The molecule has 2 rings (SSSR count). The van der Waals surface area contributed by atoms with Crippen LogP contribution in [-0.4, -0.2) is 44.4 Å². The number of carbonyl (C=O) groups is 1. The first-order chi connectivity index (χ1) is 10.1. The van der Waals surface area contributed by atoms with E-state index in [2.05, 4.69) is 11.8 Å². The van der Waals surface area contributed by atoms with Crippen LogP contribution in [0.25, 0.3) is 0 Å². The second-order valence-electron chi connectivity index (χ2n) is 5.42. The van der Waals surface area contributed by atoms with E-state index in [0.29, 0.717) is 13.2 Å². The van der Waals surface area contributed by atoms with Crippen LogP contribution in [0.2, 0.25) is 0 Å². The molecule has 1 heterocycles. The molecule has 1 aliphatic rings. The molecule has 2 atom stereocenters. The summed E-state index contributed by atoms with van der Waals surface area (Å²) >= 11 is 1.69. The van der Waals surface area contributed by atoms with Crippen molar-refractivity contribution in [3.63, 3.8) is 0 Å². The van der Waals surface area contributed by atoms with Crippen LogP contribution in [0.5, 0.6) is 0 Å². The van der Waals surface area contributed by atoms with E-state index in [1.54, 1.807) is 18.4 Å². The lowest BCUT2D eigenvalue weighted by Crippen LogP contribution is -2.32. The van der Waals surface area contributed by atoms with Crippen LogP contribution in [0.15, 0.2) is 0 Å². The first-order valence-electron chi connectivity index (χ1n) is 7.46. The third-order valence-electron chi connectivity index (χ3n) is 3.88. The predicted molar refractivity (Wildman–Crippen MR) is 84.2 cm³/mol. The van der Waals surface area contributed by atoms with Gasteiger partial charge >= 0.3 is 5.97 Å². The van der Waals surface area contributed by atoms with Crippen molar-refractivity contribution < 1.29 is 14.3 Å². The van der Waals surface area contributed by atoms with Crippen molar-refractivity contribution in [3.05, 3.63) is 10.6 Å². The Kier molecular flexibility index (Phi) is 5.58. The van der Waals surface area contributed by atoms with E-state index < -0.39 is 0 Å². The maximum absolute atomic E-state index is 12.1. The number of hydrogen-bond acceptors (Lipinski definition) is 6. The number of methoxy groups -OCH3 is 1. The number of aryl methyl sites for hydroxylation is 1. The van der Waals surface area contributed by atoms with Crippen molar-refractivity contribution in [3.8, 4) is 0 Å². The summed E-state index contributed by atoms with van der Waals surface area (Å²) in [7, 11) is 3.72. The monoisotopic (exact) mass is 312 g/mol. The number of rotatable bonds is 6. The second-order valence-corrected chi connectivity index (χ2v) is 6.48. The molecule has 6 heteroatoms. The fourth-order valence-electron chi connectivity index (χ4n) is 2.57. The normalized spacial score (nSPS) is 19.0. The van der Waals surface area contributed by atoms with Gasteiger partial charge in [0.1, 0.15) is 5.92 Å². The molecule has 0 saturated heterocycles. The van der Waals surface area contributed by atoms with Crippen molar-refractivity contribution in [2.24, 2.45) is 0 Å². The molecule has 0 radical (unpaired) electrons. The lowest BCUT2D eigenvalue weighted by molar-refractivity contribution is -0.145. The predicted octanol–water partition coefficient (Wildman–Crippen LogP) is 2.60. The highest BCUT2D eigenvalue weighted by Crippen LogP contribution is 2.38. The number of aromatic nitrogens is 1. The minimum Gasteiger partial charge on any atom is -0.465 e. The molecule has 5 nitrogen and oxygen atoms in total. The van der Waals surface area contributed by atoms with Gasteiger partial charge in [-0.2, -0.15) is 0 Å². The van der Waals surface area contributed by atoms with Crippen molar-refractivity contribution >= 4 is 22.4 Å². The Morgan fingerprint density at radius 2 is 2.33 bits per heavy atom. The summed E-state index contributed by atoms with van der Waals surface area (Å²) in [6.07, 6.45) is 2.87. The van der Waals surface area contributed by atoms with Crippen molar-refractivity contribution in [2.75, 3.05) is 32.3 Å². The zero-order valence-electron chi connectivity index (χ0n) is 13.2. The molecule has 0 aliphatic heterocycles. The molecule has 21 heavy (non-hydrogen) atoms. The lowest BCUT2D eigenvalue weighted by Gasteiger charge is -2.23. The Labute approximate surface area is 130 Å². The number of esters is 1. The number of carbonyl (C=O) groups excluding carboxylic acids is 1. The fraction of sp³-hybridized carbons (Fsp3) is 0.733. The first-order valence-corrected chi connectivity index (χ1v) is 8.28. The van der Waals surface area contributed by atoms with Gasteiger partial charge in [-0.15, -0.1) is 11.3 Å². The molecular formula is C15H24N2O3S. The molecule has 0 saturated carbocycles. The highest BCUT2D eigenvalue weighted by atomic mass is 32.1. The van der Waals surface area contributed by atoms with Gasteiger partial charge in [0.25, 0.3) is 0 Å². The Morgan fingerprint density at radius 1 is 1.57 bits per heavy atom. The summed E-state index contributed by atoms with van der Waals surface area (Å²) in [5, 5.41) is 0.959. The number of thiazole rings is 1. The smallest absolute Gasteiger partial charge is 0.315 e. The Balaban J connectivity index is 2.20. The Hall–Kier alpha value is -1.14. The molecule has 1 aliphatic carbocycles. The standard InChI is InChI=1S/C15H24N2O3S/c1-5-20-14(18)11-7-6-8-12-13(11)16-15(21-12)17(3)10(2)9-19-4/h10-11H,5-9H2,1-4H3. The molecule has 118 valence electrons. The van der Waals surface area contributed by atoms with Crippen molar-refractivity contribution in [1.82, 2.24) is 4.98 Å². The van der Waals surface area contributed by atoms with Gasteiger partial charge < -0.3 is 14.4 Å². The van der Waals surface area contributed by atoms with Gasteiger partial charge in [0.2, 0.25) is 0 Å². The van der Waals surface area contributed by atoms with Gasteiger partial charge in [-0.1, -0.05) is 0 Å². The van der Waals surface area contributed by atoms with Gasteiger partial charge in [-0.25, -0.2) is 4.98 Å². The minimum absolute atomic E-state index is 0.136. The molecular weight excluding hydrogens is 288 g/mol. The molecule has 0 fully saturated rings. The van der Waals surface area contributed by atoms with E-state index in [1.165, 1.54) is 4.88 Å². The Morgan fingerprint density at radius 3 is 3.00 bits per heavy atom. The van der Waals surface area contributed by atoms with E-state index in [-0.39, 0.29) is 17.9 Å². The molecule has 0 bridgehead atoms. The zero-order chi connectivity index (χ0) is 15.4. The molecule has 1 aromatic rings. The van der Waals surface area contributed by atoms with Crippen molar-refractivity contribution in [1.29, 1.82) is 0 Å². The summed E-state index contributed by atoms with van der Waals surface area (Å²) in [4.78, 5) is 20.2. The summed E-state index contributed by atoms with van der Waals surface area (Å²) in [5.74, 6) is -0.326. The van der Waals surface area contributed by atoms with Gasteiger partial charge in [-0.05, 0) is 33.1 Å². The van der Waals surface area contributed by atoms with E-state index in [0.717, 1.165) is 30.1 Å². The molecule has 1 aromatic heterocycles. The quantitative estimate of drug-likeness (QED) is 0.756. The highest BCUT2D eigenvalue weighted by Gasteiger charge is 2.32.